The first kappa shape index (κ1) is 12.9. The van der Waals surface area contributed by atoms with E-state index in [1.807, 2.05) is 6.07 Å². The maximum Gasteiger partial charge on any atom is 0.218 e. The number of sulfonamides is 1. The predicted octanol–water partition coefficient (Wildman–Crippen LogP) is 1.83. The summed E-state index contributed by atoms with van der Waals surface area (Å²) in [5.74, 6) is 1.25. The topological polar surface area (TPSA) is 63.4 Å². The van der Waals surface area contributed by atoms with Gasteiger partial charge in [-0.15, -0.1) is 0 Å². The minimum Gasteiger partial charge on any atom is -0.399 e. The lowest BCUT2D eigenvalue weighted by Crippen LogP contribution is -2.30. The Bertz CT molecular complexity index is 559. The molecule has 2 unspecified atom stereocenters. The molecular weight excluding hydrogens is 260 g/mol. The summed E-state index contributed by atoms with van der Waals surface area (Å²) < 4.78 is 26.5. The number of nitrogens with two attached hydrogens (primary N) is 1. The lowest BCUT2D eigenvalue weighted by atomic mass is 10.0. The average Bonchev–Trinajstić information content (AvgIpc) is 2.87. The van der Waals surface area contributed by atoms with Gasteiger partial charge in [0.05, 0.1) is 5.75 Å². The molecular formula is C14H20N2O2S. The summed E-state index contributed by atoms with van der Waals surface area (Å²) in [7, 11) is -3.19. The maximum atomic E-state index is 12.4. The Kier molecular flexibility index (Phi) is 3.27. The molecule has 104 valence electrons. The number of hydrogen-bond donors (Lipinski definition) is 1. The molecule has 3 rings (SSSR count). The highest BCUT2D eigenvalue weighted by atomic mass is 32.2. The van der Waals surface area contributed by atoms with E-state index in [-0.39, 0.29) is 5.75 Å². The van der Waals surface area contributed by atoms with Gasteiger partial charge in [-0.05, 0) is 42.4 Å². The molecule has 0 aromatic heterocycles. The van der Waals surface area contributed by atoms with Gasteiger partial charge < -0.3 is 5.73 Å². The average molecular weight is 280 g/mol. The summed E-state index contributed by atoms with van der Waals surface area (Å²) in [4.78, 5) is 0. The van der Waals surface area contributed by atoms with E-state index in [1.54, 1.807) is 22.5 Å². The molecule has 4 nitrogen and oxygen atoms in total. The Balaban J connectivity index is 1.73. The van der Waals surface area contributed by atoms with Gasteiger partial charge in [0.25, 0.3) is 0 Å². The minimum atomic E-state index is -3.19. The zero-order valence-electron chi connectivity index (χ0n) is 11.0. The number of hydrogen-bond acceptors (Lipinski definition) is 3. The van der Waals surface area contributed by atoms with Crippen molar-refractivity contribution in [2.24, 2.45) is 11.8 Å². The molecule has 1 heterocycles. The maximum absolute atomic E-state index is 12.4. The van der Waals surface area contributed by atoms with Crippen LogP contribution in [-0.2, 0) is 15.8 Å². The van der Waals surface area contributed by atoms with Crippen LogP contribution in [0.2, 0.25) is 0 Å². The van der Waals surface area contributed by atoms with Crippen LogP contribution in [0.3, 0.4) is 0 Å². The first-order valence-electron chi connectivity index (χ1n) is 6.87. The van der Waals surface area contributed by atoms with E-state index >= 15 is 0 Å². The van der Waals surface area contributed by atoms with Crippen molar-refractivity contribution >= 4 is 15.7 Å². The predicted molar refractivity (Wildman–Crippen MR) is 75.9 cm³/mol. The molecule has 19 heavy (non-hydrogen) atoms. The van der Waals surface area contributed by atoms with Gasteiger partial charge >= 0.3 is 0 Å². The summed E-state index contributed by atoms with van der Waals surface area (Å²) in [6, 6.07) is 7.15. The van der Waals surface area contributed by atoms with Crippen LogP contribution < -0.4 is 5.73 Å². The fourth-order valence-corrected chi connectivity index (χ4v) is 5.02. The Morgan fingerprint density at radius 2 is 1.89 bits per heavy atom. The van der Waals surface area contributed by atoms with E-state index < -0.39 is 10.0 Å². The second kappa shape index (κ2) is 4.80. The van der Waals surface area contributed by atoms with E-state index in [9.17, 15) is 8.42 Å². The molecule has 1 saturated carbocycles. The van der Waals surface area contributed by atoms with Gasteiger partial charge in [-0.25, -0.2) is 12.7 Å². The number of nitrogen functional groups attached to an aromatic ring is 1. The van der Waals surface area contributed by atoms with Crippen molar-refractivity contribution in [2.45, 2.75) is 25.0 Å². The lowest BCUT2D eigenvalue weighted by molar-refractivity contribution is 0.445. The first-order valence-corrected chi connectivity index (χ1v) is 8.48. The second-order valence-electron chi connectivity index (χ2n) is 5.77. The largest absolute Gasteiger partial charge is 0.399 e. The van der Waals surface area contributed by atoms with Crippen molar-refractivity contribution in [3.05, 3.63) is 29.8 Å². The first-order chi connectivity index (χ1) is 9.04. The van der Waals surface area contributed by atoms with E-state index in [2.05, 4.69) is 0 Å². The van der Waals surface area contributed by atoms with Crippen LogP contribution in [0.4, 0.5) is 5.69 Å². The van der Waals surface area contributed by atoms with Gasteiger partial charge in [0.2, 0.25) is 10.0 Å². The third-order valence-electron chi connectivity index (χ3n) is 4.39. The molecule has 1 aromatic rings. The molecule has 1 aromatic carbocycles. The molecule has 1 aliphatic carbocycles. The summed E-state index contributed by atoms with van der Waals surface area (Å²) in [5, 5.41) is 0. The van der Waals surface area contributed by atoms with Crippen LogP contribution in [0.15, 0.2) is 24.3 Å². The molecule has 0 amide bonds. The van der Waals surface area contributed by atoms with Crippen molar-refractivity contribution in [1.29, 1.82) is 0 Å². The van der Waals surface area contributed by atoms with Crippen molar-refractivity contribution in [2.75, 3.05) is 18.8 Å². The highest BCUT2D eigenvalue weighted by molar-refractivity contribution is 7.88. The van der Waals surface area contributed by atoms with Crippen molar-refractivity contribution in [3.63, 3.8) is 0 Å². The van der Waals surface area contributed by atoms with Gasteiger partial charge in [-0.3, -0.25) is 0 Å². The van der Waals surface area contributed by atoms with Crippen molar-refractivity contribution in [3.8, 4) is 0 Å². The molecule has 0 bridgehead atoms. The zero-order chi connectivity index (χ0) is 13.5. The molecule has 2 fully saturated rings. The van der Waals surface area contributed by atoms with Gasteiger partial charge in [0.15, 0.2) is 0 Å². The Morgan fingerprint density at radius 1 is 1.21 bits per heavy atom. The van der Waals surface area contributed by atoms with Crippen molar-refractivity contribution in [1.82, 2.24) is 4.31 Å². The number of benzene rings is 1. The number of fused-ring (bicyclic) bond motifs is 1. The van der Waals surface area contributed by atoms with Crippen LogP contribution >= 0.6 is 0 Å². The molecule has 1 aliphatic heterocycles. The standard InChI is InChI=1S/C14H20N2O2S/c15-14-6-1-3-11(7-14)10-19(17,18)16-8-12-4-2-5-13(12)9-16/h1,3,6-7,12-13H,2,4-5,8-10,15H2. The van der Waals surface area contributed by atoms with Crippen LogP contribution in [0.25, 0.3) is 0 Å². The molecule has 1 saturated heterocycles. The minimum absolute atomic E-state index is 0.0669. The Morgan fingerprint density at radius 3 is 2.53 bits per heavy atom. The smallest absolute Gasteiger partial charge is 0.218 e. The quantitative estimate of drug-likeness (QED) is 0.859. The summed E-state index contributed by atoms with van der Waals surface area (Å²) in [5.41, 5.74) is 7.09. The van der Waals surface area contributed by atoms with E-state index in [0.717, 1.165) is 18.7 Å². The third-order valence-corrected chi connectivity index (χ3v) is 6.17. The highest BCUT2D eigenvalue weighted by Gasteiger charge is 2.40. The van der Waals surface area contributed by atoms with Crippen LogP contribution in [0.1, 0.15) is 24.8 Å². The molecule has 2 N–H and O–H groups in total. The third kappa shape index (κ3) is 2.62. The molecule has 5 heteroatoms. The normalized spacial score (nSPS) is 27.6. The summed E-state index contributed by atoms with van der Waals surface area (Å²) in [6.45, 7) is 1.44. The number of nitrogens with zero attached hydrogens (tertiary/aromatic N) is 1. The zero-order valence-corrected chi connectivity index (χ0v) is 11.8. The van der Waals surface area contributed by atoms with E-state index in [1.165, 1.54) is 19.3 Å². The van der Waals surface area contributed by atoms with Gasteiger partial charge in [0.1, 0.15) is 0 Å². The Labute approximate surface area is 114 Å². The molecule has 0 spiro atoms. The van der Waals surface area contributed by atoms with Gasteiger partial charge in [0, 0.05) is 18.8 Å². The summed E-state index contributed by atoms with van der Waals surface area (Å²) in [6.07, 6.45) is 3.64. The fourth-order valence-electron chi connectivity index (χ4n) is 3.40. The van der Waals surface area contributed by atoms with Crippen LogP contribution in [0.5, 0.6) is 0 Å². The van der Waals surface area contributed by atoms with E-state index in [4.69, 9.17) is 5.73 Å². The fraction of sp³-hybridized carbons (Fsp3) is 0.571. The van der Waals surface area contributed by atoms with Gasteiger partial charge in [-0.1, -0.05) is 18.6 Å². The van der Waals surface area contributed by atoms with Crippen LogP contribution in [-0.4, -0.2) is 25.8 Å². The number of anilines is 1. The summed E-state index contributed by atoms with van der Waals surface area (Å²) >= 11 is 0. The molecule has 2 atom stereocenters. The number of rotatable bonds is 3. The molecule has 2 aliphatic rings. The van der Waals surface area contributed by atoms with Crippen molar-refractivity contribution < 1.29 is 8.42 Å². The highest BCUT2D eigenvalue weighted by Crippen LogP contribution is 2.39. The van der Waals surface area contributed by atoms with E-state index in [0.29, 0.717) is 17.5 Å². The molecule has 0 radical (unpaired) electrons. The van der Waals surface area contributed by atoms with Gasteiger partial charge in [-0.2, -0.15) is 0 Å². The SMILES string of the molecule is Nc1cccc(CS(=O)(=O)N2CC3CCCC3C2)c1. The second-order valence-corrected chi connectivity index (χ2v) is 7.74. The Hall–Kier alpha value is -1.07. The van der Waals surface area contributed by atoms with Crippen LogP contribution in [0, 0.1) is 11.8 Å². The monoisotopic (exact) mass is 280 g/mol. The lowest BCUT2D eigenvalue weighted by Gasteiger charge is -2.17.